The third kappa shape index (κ3) is 6.15. The average molecular weight is 379 g/mol. The zero-order valence-corrected chi connectivity index (χ0v) is 16.3. The van der Waals surface area contributed by atoms with Crippen LogP contribution in [-0.2, 0) is 11.2 Å². The maximum absolute atomic E-state index is 12.3. The largest absolute Gasteiger partial charge is 0.490 e. The van der Waals surface area contributed by atoms with Crippen LogP contribution in [0.15, 0.2) is 42.5 Å². The molecule has 0 aliphatic heterocycles. The van der Waals surface area contributed by atoms with E-state index >= 15 is 0 Å². The van der Waals surface area contributed by atoms with E-state index in [4.69, 9.17) is 15.2 Å². The highest BCUT2D eigenvalue weighted by Gasteiger charge is 2.13. The van der Waals surface area contributed by atoms with Crippen LogP contribution < -0.4 is 20.5 Å². The number of hydrogen-bond donors (Lipinski definition) is 2. The first-order valence-electron chi connectivity index (χ1n) is 8.56. The van der Waals surface area contributed by atoms with Gasteiger partial charge in [0.05, 0.1) is 25.7 Å². The molecular weight excluding hydrogens is 352 g/mol. The Kier molecular flexibility index (Phi) is 8.79. The zero-order valence-electron chi connectivity index (χ0n) is 15.5. The molecule has 2 aromatic rings. The lowest BCUT2D eigenvalue weighted by atomic mass is 10.1. The Labute approximate surface area is 161 Å². The van der Waals surface area contributed by atoms with Crippen LogP contribution in [0.4, 0.5) is 5.69 Å². The van der Waals surface area contributed by atoms with E-state index in [2.05, 4.69) is 5.32 Å². The van der Waals surface area contributed by atoms with Crippen LogP contribution in [0.25, 0.3) is 0 Å². The molecule has 26 heavy (non-hydrogen) atoms. The third-order valence-electron chi connectivity index (χ3n) is 3.79. The van der Waals surface area contributed by atoms with Gasteiger partial charge in [0.25, 0.3) is 0 Å². The SMILES string of the molecule is CCOc1ccc(C(C)NC(=O)Cc2ccc(N)cc2)cc1OCC.Cl. The molecule has 1 atom stereocenters. The van der Waals surface area contributed by atoms with Crippen LogP contribution in [-0.4, -0.2) is 19.1 Å². The molecule has 0 saturated carbocycles. The fraction of sp³-hybridized carbons (Fsp3) is 0.350. The van der Waals surface area contributed by atoms with Crippen molar-refractivity contribution in [2.45, 2.75) is 33.2 Å². The summed E-state index contributed by atoms with van der Waals surface area (Å²) in [6.45, 7) is 6.95. The number of amides is 1. The van der Waals surface area contributed by atoms with Crippen LogP contribution in [0, 0.1) is 0 Å². The maximum atomic E-state index is 12.3. The number of anilines is 1. The van der Waals surface area contributed by atoms with Gasteiger partial charge in [-0.1, -0.05) is 18.2 Å². The summed E-state index contributed by atoms with van der Waals surface area (Å²) in [5.74, 6) is 1.37. The van der Waals surface area contributed by atoms with E-state index in [0.29, 0.717) is 36.8 Å². The second-order valence-corrected chi connectivity index (χ2v) is 5.78. The minimum Gasteiger partial charge on any atom is -0.490 e. The van der Waals surface area contributed by atoms with Gasteiger partial charge >= 0.3 is 0 Å². The van der Waals surface area contributed by atoms with E-state index in [1.807, 2.05) is 51.1 Å². The summed E-state index contributed by atoms with van der Waals surface area (Å²) in [7, 11) is 0. The summed E-state index contributed by atoms with van der Waals surface area (Å²) in [5.41, 5.74) is 8.26. The first-order chi connectivity index (χ1) is 12.0. The number of nitrogens with one attached hydrogen (secondary N) is 1. The number of nitrogens with two attached hydrogens (primary N) is 1. The number of hydrogen-bond acceptors (Lipinski definition) is 4. The number of halogens is 1. The molecule has 0 aliphatic rings. The normalized spacial score (nSPS) is 11.2. The van der Waals surface area contributed by atoms with Gasteiger partial charge in [-0.2, -0.15) is 0 Å². The molecule has 3 N–H and O–H groups in total. The highest BCUT2D eigenvalue weighted by atomic mass is 35.5. The Hall–Kier alpha value is -2.40. The molecule has 0 radical (unpaired) electrons. The van der Waals surface area contributed by atoms with Crippen molar-refractivity contribution in [2.24, 2.45) is 0 Å². The Morgan fingerprint density at radius 2 is 1.65 bits per heavy atom. The molecule has 2 rings (SSSR count). The number of nitrogen functional groups attached to an aromatic ring is 1. The second-order valence-electron chi connectivity index (χ2n) is 5.78. The Morgan fingerprint density at radius 3 is 2.27 bits per heavy atom. The second kappa shape index (κ2) is 10.6. The standard InChI is InChI=1S/C20H26N2O3.ClH/c1-4-24-18-11-8-16(13-19(18)25-5-2)14(3)22-20(23)12-15-6-9-17(21)10-7-15;/h6-11,13-14H,4-5,12,21H2,1-3H3,(H,22,23);1H. The molecule has 0 saturated heterocycles. The van der Waals surface area contributed by atoms with Crippen molar-refractivity contribution in [3.63, 3.8) is 0 Å². The summed E-state index contributed by atoms with van der Waals surface area (Å²) in [6.07, 6.45) is 0.319. The van der Waals surface area contributed by atoms with Crippen molar-refractivity contribution >= 4 is 24.0 Å². The van der Waals surface area contributed by atoms with Gasteiger partial charge in [0.1, 0.15) is 0 Å². The van der Waals surface area contributed by atoms with Gasteiger partial charge in [-0.25, -0.2) is 0 Å². The van der Waals surface area contributed by atoms with Crippen molar-refractivity contribution in [3.8, 4) is 11.5 Å². The number of carbonyl (C=O) groups excluding carboxylic acids is 1. The van der Waals surface area contributed by atoms with Gasteiger partial charge in [-0.15, -0.1) is 12.4 Å². The van der Waals surface area contributed by atoms with Gasteiger partial charge in [0.2, 0.25) is 5.91 Å². The van der Waals surface area contributed by atoms with Crippen molar-refractivity contribution in [3.05, 3.63) is 53.6 Å². The third-order valence-corrected chi connectivity index (χ3v) is 3.79. The van der Waals surface area contributed by atoms with Crippen molar-refractivity contribution in [1.82, 2.24) is 5.32 Å². The smallest absolute Gasteiger partial charge is 0.224 e. The zero-order chi connectivity index (χ0) is 18.2. The predicted molar refractivity (Wildman–Crippen MR) is 107 cm³/mol. The lowest BCUT2D eigenvalue weighted by molar-refractivity contribution is -0.121. The Balaban J connectivity index is 0.00000338. The minimum atomic E-state index is -0.129. The Morgan fingerprint density at radius 1 is 1.04 bits per heavy atom. The van der Waals surface area contributed by atoms with E-state index in [0.717, 1.165) is 11.1 Å². The quantitative estimate of drug-likeness (QED) is 0.683. The minimum absolute atomic E-state index is 0. The Bertz CT molecular complexity index is 705. The van der Waals surface area contributed by atoms with E-state index < -0.39 is 0 Å². The molecule has 142 valence electrons. The lowest BCUT2D eigenvalue weighted by Crippen LogP contribution is -2.28. The molecule has 0 fully saturated rings. The van der Waals surface area contributed by atoms with Crippen molar-refractivity contribution in [1.29, 1.82) is 0 Å². The highest BCUT2D eigenvalue weighted by Crippen LogP contribution is 2.30. The average Bonchev–Trinajstić information content (AvgIpc) is 2.59. The maximum Gasteiger partial charge on any atom is 0.224 e. The summed E-state index contributed by atoms with van der Waals surface area (Å²) in [5, 5.41) is 3.01. The molecule has 1 amide bonds. The molecule has 0 aromatic heterocycles. The fourth-order valence-corrected chi connectivity index (χ4v) is 2.53. The molecule has 0 aliphatic carbocycles. The van der Waals surface area contributed by atoms with E-state index in [1.165, 1.54) is 0 Å². The van der Waals surface area contributed by atoms with Gasteiger partial charge in [0, 0.05) is 5.69 Å². The predicted octanol–water partition coefficient (Wildman–Crippen LogP) is 3.91. The van der Waals surface area contributed by atoms with Gasteiger partial charge in [-0.05, 0) is 56.2 Å². The molecule has 5 nitrogen and oxygen atoms in total. The van der Waals surface area contributed by atoms with Crippen molar-refractivity contribution in [2.75, 3.05) is 18.9 Å². The first-order valence-corrected chi connectivity index (χ1v) is 8.56. The van der Waals surface area contributed by atoms with Gasteiger partial charge in [0.15, 0.2) is 11.5 Å². The molecule has 1 unspecified atom stereocenters. The van der Waals surface area contributed by atoms with Crippen LogP contribution in [0.1, 0.15) is 37.9 Å². The summed E-state index contributed by atoms with van der Waals surface area (Å²) in [4.78, 5) is 12.3. The van der Waals surface area contributed by atoms with Crippen LogP contribution >= 0.6 is 12.4 Å². The summed E-state index contributed by atoms with van der Waals surface area (Å²) >= 11 is 0. The number of rotatable bonds is 8. The summed E-state index contributed by atoms with van der Waals surface area (Å²) < 4.78 is 11.2. The summed E-state index contributed by atoms with van der Waals surface area (Å²) in [6, 6.07) is 12.9. The highest BCUT2D eigenvalue weighted by molar-refractivity contribution is 5.85. The van der Waals surface area contributed by atoms with Crippen LogP contribution in [0.3, 0.4) is 0 Å². The van der Waals surface area contributed by atoms with E-state index in [9.17, 15) is 4.79 Å². The number of benzene rings is 2. The monoisotopic (exact) mass is 378 g/mol. The number of ether oxygens (including phenoxy) is 2. The van der Waals surface area contributed by atoms with Gasteiger partial charge in [-0.3, -0.25) is 4.79 Å². The fourth-order valence-electron chi connectivity index (χ4n) is 2.53. The van der Waals surface area contributed by atoms with E-state index in [1.54, 1.807) is 12.1 Å². The lowest BCUT2D eigenvalue weighted by Gasteiger charge is -2.17. The molecule has 2 aromatic carbocycles. The molecule has 0 heterocycles. The molecule has 0 spiro atoms. The molecular formula is C20H27ClN2O3. The molecule has 0 bridgehead atoms. The van der Waals surface area contributed by atoms with Gasteiger partial charge < -0.3 is 20.5 Å². The number of carbonyl (C=O) groups is 1. The molecule has 6 heteroatoms. The van der Waals surface area contributed by atoms with Crippen LogP contribution in [0.5, 0.6) is 11.5 Å². The van der Waals surface area contributed by atoms with E-state index in [-0.39, 0.29) is 24.4 Å². The first kappa shape index (κ1) is 21.6. The topological polar surface area (TPSA) is 73.6 Å². The van der Waals surface area contributed by atoms with Crippen molar-refractivity contribution < 1.29 is 14.3 Å². The van der Waals surface area contributed by atoms with Crippen LogP contribution in [0.2, 0.25) is 0 Å².